The van der Waals surface area contributed by atoms with E-state index in [2.05, 4.69) is 36.2 Å². The maximum atomic E-state index is 14.0. The number of fused-ring (bicyclic) bond motifs is 4. The van der Waals surface area contributed by atoms with Gasteiger partial charge in [0.1, 0.15) is 40.8 Å². The van der Waals surface area contributed by atoms with Crippen molar-refractivity contribution in [2.45, 2.75) is 31.5 Å². The third-order valence-electron chi connectivity index (χ3n) is 7.73. The standard InChI is InChI=1S/C29H24BrN7O2/c30-22-10-5-11-23(34-22)35-29(39)21-13-17-12-20(17)37(21)24(38)14-36-26-18(16-6-2-1-3-7-16)8-4-9-19(26)25-27(31)32-15-33-28(25)36/h1-11,15,17,20-21H,12-14H2,(H2,31,32,33)(H,34,35,39)/t17-,20-,21+/m1/s1. The first-order chi connectivity index (χ1) is 19.0. The molecule has 2 fully saturated rings. The number of pyridine rings is 1. The van der Waals surface area contributed by atoms with Gasteiger partial charge in [0.25, 0.3) is 0 Å². The van der Waals surface area contributed by atoms with E-state index in [0.717, 1.165) is 33.8 Å². The van der Waals surface area contributed by atoms with Gasteiger partial charge in [0.2, 0.25) is 11.8 Å². The monoisotopic (exact) mass is 581 g/mol. The number of nitrogens with two attached hydrogens (primary N) is 1. The van der Waals surface area contributed by atoms with E-state index in [9.17, 15) is 9.59 Å². The van der Waals surface area contributed by atoms with Crippen LogP contribution >= 0.6 is 15.9 Å². The van der Waals surface area contributed by atoms with Gasteiger partial charge in [0, 0.05) is 17.0 Å². The fraction of sp³-hybridized carbons (Fsp3) is 0.207. The quantitative estimate of drug-likeness (QED) is 0.292. The largest absolute Gasteiger partial charge is 0.383 e. The lowest BCUT2D eigenvalue weighted by atomic mass is 10.0. The maximum Gasteiger partial charge on any atom is 0.248 e. The lowest BCUT2D eigenvalue weighted by molar-refractivity contribution is -0.138. The molecule has 2 aromatic carbocycles. The zero-order valence-corrected chi connectivity index (χ0v) is 22.4. The molecule has 194 valence electrons. The number of carbonyl (C=O) groups is 2. The van der Waals surface area contributed by atoms with Gasteiger partial charge in [-0.15, -0.1) is 0 Å². The second-order valence-corrected chi connectivity index (χ2v) is 10.9. The van der Waals surface area contributed by atoms with Crippen molar-refractivity contribution >= 4 is 61.3 Å². The molecule has 3 aromatic heterocycles. The summed E-state index contributed by atoms with van der Waals surface area (Å²) in [5.74, 6) is 0.810. The van der Waals surface area contributed by atoms with Crippen LogP contribution in [-0.2, 0) is 16.1 Å². The summed E-state index contributed by atoms with van der Waals surface area (Å²) in [6.45, 7) is 0.0302. The van der Waals surface area contributed by atoms with Crippen molar-refractivity contribution < 1.29 is 9.59 Å². The van der Waals surface area contributed by atoms with Crippen LogP contribution < -0.4 is 11.1 Å². The van der Waals surface area contributed by atoms with Crippen LogP contribution in [0.25, 0.3) is 33.1 Å². The minimum Gasteiger partial charge on any atom is -0.383 e. The Hall–Kier alpha value is -4.31. The summed E-state index contributed by atoms with van der Waals surface area (Å²) in [4.78, 5) is 42.2. The Morgan fingerprint density at radius 2 is 1.82 bits per heavy atom. The number of aromatic nitrogens is 4. The van der Waals surface area contributed by atoms with Gasteiger partial charge in [0.15, 0.2) is 0 Å². The SMILES string of the molecule is Nc1ncnc2c1c1cccc(-c3ccccc3)c1n2CC(=O)N1[C@@H]2C[C@@H]2C[C@H]1C(=O)Nc1cccc(Br)n1. The molecule has 5 aromatic rings. The van der Waals surface area contributed by atoms with E-state index in [0.29, 0.717) is 34.2 Å². The second kappa shape index (κ2) is 9.16. The van der Waals surface area contributed by atoms with Crippen LogP contribution in [0.2, 0.25) is 0 Å². The molecule has 3 N–H and O–H groups in total. The van der Waals surface area contributed by atoms with Crippen LogP contribution in [0.3, 0.4) is 0 Å². The molecule has 1 aliphatic carbocycles. The van der Waals surface area contributed by atoms with Crippen molar-refractivity contribution in [2.75, 3.05) is 11.1 Å². The average molecular weight is 582 g/mol. The van der Waals surface area contributed by atoms with Gasteiger partial charge in [-0.2, -0.15) is 0 Å². The fourth-order valence-electron chi connectivity index (χ4n) is 5.95. The van der Waals surface area contributed by atoms with E-state index in [1.807, 2.05) is 59.2 Å². The number of hydrogen-bond acceptors (Lipinski definition) is 6. The number of amides is 2. The third kappa shape index (κ3) is 4.02. The Bertz CT molecular complexity index is 1770. The van der Waals surface area contributed by atoms with Gasteiger partial charge in [-0.05, 0) is 52.4 Å². The minimum absolute atomic E-state index is 0.0302. The topological polar surface area (TPSA) is 119 Å². The molecular formula is C29H24BrN7O2. The fourth-order valence-corrected chi connectivity index (χ4v) is 6.30. The molecule has 7 rings (SSSR count). The first-order valence-corrected chi connectivity index (χ1v) is 13.6. The molecule has 0 radical (unpaired) electrons. The van der Waals surface area contributed by atoms with E-state index >= 15 is 0 Å². The molecular weight excluding hydrogens is 558 g/mol. The maximum absolute atomic E-state index is 14.0. The highest BCUT2D eigenvalue weighted by molar-refractivity contribution is 9.10. The number of halogens is 1. The Labute approximate surface area is 232 Å². The molecule has 0 spiro atoms. The van der Waals surface area contributed by atoms with Crippen LogP contribution in [0.4, 0.5) is 11.6 Å². The summed E-state index contributed by atoms with van der Waals surface area (Å²) >= 11 is 3.34. The zero-order valence-electron chi connectivity index (χ0n) is 20.8. The van der Waals surface area contributed by atoms with Gasteiger partial charge >= 0.3 is 0 Å². The average Bonchev–Trinajstić information content (AvgIpc) is 3.48. The molecule has 39 heavy (non-hydrogen) atoms. The predicted octanol–water partition coefficient (Wildman–Crippen LogP) is 4.62. The normalized spacial score (nSPS) is 19.8. The van der Waals surface area contributed by atoms with Crippen LogP contribution in [0, 0.1) is 5.92 Å². The number of likely N-dealkylation sites (tertiary alicyclic amines) is 1. The molecule has 9 nitrogen and oxygen atoms in total. The van der Waals surface area contributed by atoms with E-state index in [-0.39, 0.29) is 24.4 Å². The van der Waals surface area contributed by atoms with Gasteiger partial charge in [-0.25, -0.2) is 15.0 Å². The van der Waals surface area contributed by atoms with Crippen molar-refractivity contribution in [3.8, 4) is 11.1 Å². The molecule has 1 aliphatic heterocycles. The zero-order chi connectivity index (χ0) is 26.7. The Kier molecular flexibility index (Phi) is 5.59. The minimum atomic E-state index is -0.552. The van der Waals surface area contributed by atoms with Crippen molar-refractivity contribution in [3.05, 3.63) is 77.7 Å². The highest BCUT2D eigenvalue weighted by Gasteiger charge is 2.56. The number of anilines is 2. The molecule has 0 bridgehead atoms. The Balaban J connectivity index is 1.28. The summed E-state index contributed by atoms with van der Waals surface area (Å²) in [7, 11) is 0. The Morgan fingerprint density at radius 3 is 2.64 bits per heavy atom. The van der Waals surface area contributed by atoms with E-state index < -0.39 is 6.04 Å². The first-order valence-electron chi connectivity index (χ1n) is 12.8. The lowest BCUT2D eigenvalue weighted by Crippen LogP contribution is -2.46. The summed E-state index contributed by atoms with van der Waals surface area (Å²) in [6.07, 6.45) is 2.99. The molecule has 1 saturated carbocycles. The number of nitrogens with one attached hydrogen (secondary N) is 1. The van der Waals surface area contributed by atoms with Crippen molar-refractivity contribution in [1.29, 1.82) is 0 Å². The number of nitrogens with zero attached hydrogens (tertiary/aromatic N) is 5. The predicted molar refractivity (Wildman–Crippen MR) is 153 cm³/mol. The lowest BCUT2D eigenvalue weighted by Gasteiger charge is -2.27. The molecule has 1 saturated heterocycles. The summed E-state index contributed by atoms with van der Waals surface area (Å²) < 4.78 is 2.55. The number of nitrogen functional groups attached to an aromatic ring is 1. The van der Waals surface area contributed by atoms with Crippen molar-refractivity contribution in [1.82, 2.24) is 24.4 Å². The number of para-hydroxylation sites is 1. The highest BCUT2D eigenvalue weighted by atomic mass is 79.9. The highest BCUT2D eigenvalue weighted by Crippen LogP contribution is 2.48. The number of carbonyl (C=O) groups excluding carboxylic acids is 2. The molecule has 4 heterocycles. The van der Waals surface area contributed by atoms with E-state index in [4.69, 9.17) is 5.73 Å². The van der Waals surface area contributed by atoms with Crippen molar-refractivity contribution in [3.63, 3.8) is 0 Å². The van der Waals surface area contributed by atoms with Crippen LogP contribution in [0.5, 0.6) is 0 Å². The number of hydrogen-bond donors (Lipinski definition) is 2. The summed E-state index contributed by atoms with van der Waals surface area (Å²) in [5, 5.41) is 4.50. The van der Waals surface area contributed by atoms with E-state index in [1.54, 1.807) is 17.0 Å². The Morgan fingerprint density at radius 1 is 1.00 bits per heavy atom. The third-order valence-corrected chi connectivity index (χ3v) is 8.17. The molecule has 2 amide bonds. The molecule has 3 atom stereocenters. The summed E-state index contributed by atoms with van der Waals surface area (Å²) in [5.41, 5.74) is 9.79. The van der Waals surface area contributed by atoms with Crippen LogP contribution in [0.15, 0.2) is 77.7 Å². The number of piperidine rings is 1. The van der Waals surface area contributed by atoms with Gasteiger partial charge in [-0.1, -0.05) is 54.6 Å². The van der Waals surface area contributed by atoms with E-state index in [1.165, 1.54) is 6.33 Å². The van der Waals surface area contributed by atoms with Gasteiger partial charge < -0.3 is 20.5 Å². The van der Waals surface area contributed by atoms with Crippen molar-refractivity contribution in [2.24, 2.45) is 5.92 Å². The second-order valence-electron chi connectivity index (χ2n) is 10.1. The molecule has 0 unspecified atom stereocenters. The number of benzene rings is 2. The smallest absolute Gasteiger partial charge is 0.248 e. The molecule has 2 aliphatic rings. The van der Waals surface area contributed by atoms with Gasteiger partial charge in [-0.3, -0.25) is 9.59 Å². The first kappa shape index (κ1) is 23.8. The van der Waals surface area contributed by atoms with Crippen LogP contribution in [0.1, 0.15) is 12.8 Å². The van der Waals surface area contributed by atoms with Gasteiger partial charge in [0.05, 0.1) is 10.9 Å². The van der Waals surface area contributed by atoms with Crippen LogP contribution in [-0.4, -0.2) is 48.3 Å². The molecule has 10 heteroatoms. The summed E-state index contributed by atoms with van der Waals surface area (Å²) in [6, 6.07) is 20.9. The number of rotatable bonds is 5.